The molecule has 0 aromatic heterocycles. The molecule has 1 aromatic rings. The number of carbonyl (C=O) groups is 2. The quantitative estimate of drug-likeness (QED) is 0.723. The largest absolute Gasteiger partial charge is 0.392 e. The Hall–Kier alpha value is -2.70. The summed E-state index contributed by atoms with van der Waals surface area (Å²) in [6.45, 7) is 4.11. The van der Waals surface area contributed by atoms with Crippen molar-refractivity contribution in [3.05, 3.63) is 35.4 Å². The fourth-order valence-electron chi connectivity index (χ4n) is 5.32. The standard InChI is InChI=1S/C23H30N5O2/c1-16-9-6-7-10-17(16)15-28-21(29)19-20(25(2)23(28)30)24-22-26(13-8-14-27(19)22)18-11-4-3-5-12-18/h6-7,9-10,18-19H,3-5,8,11-15H2,1-2H3/q+1. The van der Waals surface area contributed by atoms with Crippen LogP contribution in [0.3, 0.4) is 0 Å². The first-order chi connectivity index (χ1) is 14.6. The molecule has 2 fully saturated rings. The van der Waals surface area contributed by atoms with Gasteiger partial charge in [0.15, 0.2) is 0 Å². The molecule has 0 N–H and O–H groups in total. The molecular weight excluding hydrogens is 378 g/mol. The lowest BCUT2D eigenvalue weighted by Crippen LogP contribution is -2.63. The Labute approximate surface area is 177 Å². The van der Waals surface area contributed by atoms with E-state index in [0.717, 1.165) is 36.6 Å². The molecule has 5 rings (SSSR count). The van der Waals surface area contributed by atoms with E-state index in [2.05, 4.69) is 9.48 Å². The molecule has 7 nitrogen and oxygen atoms in total. The monoisotopic (exact) mass is 408 g/mol. The van der Waals surface area contributed by atoms with Crippen LogP contribution in [-0.2, 0) is 11.3 Å². The molecule has 1 aromatic carbocycles. The molecule has 1 aliphatic carbocycles. The van der Waals surface area contributed by atoms with Gasteiger partial charge in [0, 0.05) is 13.5 Å². The SMILES string of the molecule is Cc1ccccc1CN1C(=O)C2C(=NC3=[N+]2CCCN3C2CCCCC2)N(C)C1=O. The fourth-order valence-corrected chi connectivity index (χ4v) is 5.32. The van der Waals surface area contributed by atoms with Crippen LogP contribution in [0.2, 0.25) is 0 Å². The van der Waals surface area contributed by atoms with Crippen molar-refractivity contribution in [3.8, 4) is 0 Å². The lowest BCUT2D eigenvalue weighted by Gasteiger charge is -2.36. The molecule has 1 unspecified atom stereocenters. The van der Waals surface area contributed by atoms with E-state index in [9.17, 15) is 9.59 Å². The van der Waals surface area contributed by atoms with Gasteiger partial charge >= 0.3 is 12.0 Å². The van der Waals surface area contributed by atoms with Crippen molar-refractivity contribution in [2.24, 2.45) is 4.99 Å². The van der Waals surface area contributed by atoms with Gasteiger partial charge in [-0.2, -0.15) is 0 Å². The lowest BCUT2D eigenvalue weighted by molar-refractivity contribution is -0.546. The van der Waals surface area contributed by atoms with Crippen LogP contribution in [0.25, 0.3) is 0 Å². The third-order valence-corrected chi connectivity index (χ3v) is 7.05. The number of fused-ring (bicyclic) bond motifs is 2. The predicted octanol–water partition coefficient (Wildman–Crippen LogP) is 2.58. The van der Waals surface area contributed by atoms with Crippen molar-refractivity contribution < 1.29 is 14.2 Å². The van der Waals surface area contributed by atoms with E-state index >= 15 is 0 Å². The van der Waals surface area contributed by atoms with Crippen LogP contribution >= 0.6 is 0 Å². The maximum absolute atomic E-state index is 13.5. The summed E-state index contributed by atoms with van der Waals surface area (Å²) in [5.74, 6) is 1.34. The number of imide groups is 1. The minimum Gasteiger partial charge on any atom is -0.270 e. The van der Waals surface area contributed by atoms with Gasteiger partial charge in [-0.05, 0) is 30.9 Å². The molecule has 30 heavy (non-hydrogen) atoms. The molecule has 0 radical (unpaired) electrons. The van der Waals surface area contributed by atoms with Crippen LogP contribution in [-0.4, -0.2) is 75.2 Å². The summed E-state index contributed by atoms with van der Waals surface area (Å²) in [6.07, 6.45) is 7.22. The Kier molecular flexibility index (Phi) is 4.83. The third-order valence-electron chi connectivity index (χ3n) is 7.05. The summed E-state index contributed by atoms with van der Waals surface area (Å²) in [5.41, 5.74) is 2.08. The minimum absolute atomic E-state index is 0.152. The Balaban J connectivity index is 1.47. The van der Waals surface area contributed by atoms with Crippen LogP contribution in [0.1, 0.15) is 49.7 Å². The van der Waals surface area contributed by atoms with E-state index in [1.54, 1.807) is 11.9 Å². The second-order valence-electron chi connectivity index (χ2n) is 8.90. The average molecular weight is 409 g/mol. The van der Waals surface area contributed by atoms with Gasteiger partial charge in [0.05, 0.1) is 25.7 Å². The molecule has 0 spiro atoms. The molecule has 1 saturated heterocycles. The third kappa shape index (κ3) is 3.02. The molecule has 1 atom stereocenters. The van der Waals surface area contributed by atoms with E-state index < -0.39 is 6.04 Å². The van der Waals surface area contributed by atoms with Crippen molar-refractivity contribution in [3.63, 3.8) is 0 Å². The summed E-state index contributed by atoms with van der Waals surface area (Å²) in [5, 5.41) is 0. The van der Waals surface area contributed by atoms with E-state index in [-0.39, 0.29) is 11.9 Å². The molecule has 158 valence electrons. The maximum Gasteiger partial charge on any atom is 0.392 e. The fraction of sp³-hybridized carbons (Fsp3) is 0.565. The van der Waals surface area contributed by atoms with E-state index in [0.29, 0.717) is 18.4 Å². The lowest BCUT2D eigenvalue weighted by atomic mass is 9.94. The van der Waals surface area contributed by atoms with Gasteiger partial charge in [-0.25, -0.2) is 9.37 Å². The number of amidine groups is 1. The summed E-state index contributed by atoms with van der Waals surface area (Å²) >= 11 is 0. The first-order valence-corrected chi connectivity index (χ1v) is 11.2. The number of benzene rings is 1. The number of hydrogen-bond donors (Lipinski definition) is 0. The topological polar surface area (TPSA) is 59.2 Å². The van der Waals surface area contributed by atoms with Crippen molar-refractivity contribution in [2.45, 2.75) is 64.1 Å². The summed E-state index contributed by atoms with van der Waals surface area (Å²) in [7, 11) is 1.75. The zero-order valence-corrected chi connectivity index (χ0v) is 17.9. The molecule has 1 saturated carbocycles. The van der Waals surface area contributed by atoms with Crippen LogP contribution in [0.4, 0.5) is 4.79 Å². The number of likely N-dealkylation sites (N-methyl/N-ethyl adjacent to an activating group) is 1. The van der Waals surface area contributed by atoms with Crippen molar-refractivity contribution >= 4 is 23.7 Å². The van der Waals surface area contributed by atoms with E-state index in [1.807, 2.05) is 31.2 Å². The van der Waals surface area contributed by atoms with Crippen LogP contribution in [0, 0.1) is 6.92 Å². The number of aliphatic imine (C=N–C) groups is 1. The second kappa shape index (κ2) is 7.52. The highest BCUT2D eigenvalue weighted by Crippen LogP contribution is 2.29. The molecule has 7 heteroatoms. The summed E-state index contributed by atoms with van der Waals surface area (Å²) < 4.78 is 2.14. The Bertz CT molecular complexity index is 947. The van der Waals surface area contributed by atoms with Gasteiger partial charge in [0.1, 0.15) is 0 Å². The molecule has 3 aliphatic heterocycles. The van der Waals surface area contributed by atoms with Crippen molar-refractivity contribution in [1.82, 2.24) is 14.7 Å². The summed E-state index contributed by atoms with van der Waals surface area (Å²) in [6, 6.07) is 7.64. The summed E-state index contributed by atoms with van der Waals surface area (Å²) in [4.78, 5) is 36.9. The number of rotatable bonds is 3. The smallest absolute Gasteiger partial charge is 0.270 e. The number of carbonyl (C=O) groups excluding carboxylic acids is 2. The zero-order valence-electron chi connectivity index (χ0n) is 17.9. The minimum atomic E-state index is -0.488. The van der Waals surface area contributed by atoms with Gasteiger partial charge in [0.2, 0.25) is 11.9 Å². The first-order valence-electron chi connectivity index (χ1n) is 11.2. The van der Waals surface area contributed by atoms with Gasteiger partial charge in [-0.3, -0.25) is 19.5 Å². The Morgan fingerprint density at radius 2 is 1.87 bits per heavy atom. The number of amides is 3. The van der Waals surface area contributed by atoms with E-state index in [1.165, 1.54) is 37.0 Å². The number of hydrogen-bond acceptors (Lipinski definition) is 4. The first kappa shape index (κ1) is 19.3. The predicted molar refractivity (Wildman–Crippen MR) is 114 cm³/mol. The van der Waals surface area contributed by atoms with Crippen LogP contribution in [0.5, 0.6) is 0 Å². The van der Waals surface area contributed by atoms with Gasteiger partial charge in [-0.15, -0.1) is 0 Å². The highest BCUT2D eigenvalue weighted by molar-refractivity contribution is 6.22. The molecule has 4 aliphatic rings. The number of nitrogens with zero attached hydrogens (tertiary/aromatic N) is 5. The maximum atomic E-state index is 13.5. The second-order valence-corrected chi connectivity index (χ2v) is 8.90. The molecule has 3 heterocycles. The van der Waals surface area contributed by atoms with E-state index in [4.69, 9.17) is 4.99 Å². The van der Waals surface area contributed by atoms with Gasteiger partial charge in [-0.1, -0.05) is 48.5 Å². The van der Waals surface area contributed by atoms with Gasteiger partial charge in [0.25, 0.3) is 5.91 Å². The average Bonchev–Trinajstić information content (AvgIpc) is 3.17. The highest BCUT2D eigenvalue weighted by Gasteiger charge is 2.54. The van der Waals surface area contributed by atoms with Crippen LogP contribution in [0.15, 0.2) is 29.3 Å². The van der Waals surface area contributed by atoms with Crippen LogP contribution < -0.4 is 0 Å². The Morgan fingerprint density at radius 3 is 2.63 bits per heavy atom. The molecule has 3 amide bonds. The molecule has 0 bridgehead atoms. The van der Waals surface area contributed by atoms with Gasteiger partial charge < -0.3 is 0 Å². The zero-order chi connectivity index (χ0) is 20.8. The van der Waals surface area contributed by atoms with Crippen molar-refractivity contribution in [2.75, 3.05) is 20.1 Å². The number of urea groups is 1. The normalized spacial score (nSPS) is 24.9. The highest BCUT2D eigenvalue weighted by atomic mass is 16.2. The van der Waals surface area contributed by atoms with Crippen molar-refractivity contribution in [1.29, 1.82) is 0 Å². The Morgan fingerprint density at radius 1 is 1.10 bits per heavy atom. The number of guanidine groups is 1. The molecular formula is C23H30N5O2+. The number of aryl methyl sites for hydroxylation is 1.